The molecule has 0 amide bonds. The molecule has 3 rings (SSSR count). The molecule has 1 aromatic heterocycles. The minimum absolute atomic E-state index is 0.138. The summed E-state index contributed by atoms with van der Waals surface area (Å²) in [6.45, 7) is 8.38. The Hall–Kier alpha value is -3.21. The molecule has 4 nitrogen and oxygen atoms in total. The fourth-order valence-electron chi connectivity index (χ4n) is 3.84. The van der Waals surface area contributed by atoms with E-state index in [1.165, 1.54) is 12.1 Å². The van der Waals surface area contributed by atoms with Gasteiger partial charge in [-0.15, -0.1) is 0 Å². The molecular formula is C24H25FN2O2. The molecule has 1 heterocycles. The largest absolute Gasteiger partial charge is 0.341 e. The summed E-state index contributed by atoms with van der Waals surface area (Å²) in [5, 5.41) is 11.1. The second kappa shape index (κ2) is 8.43. The monoisotopic (exact) mass is 392 g/mol. The molecule has 0 N–H and O–H groups in total. The van der Waals surface area contributed by atoms with Gasteiger partial charge in [-0.05, 0) is 43.0 Å². The van der Waals surface area contributed by atoms with E-state index < -0.39 is 4.92 Å². The van der Waals surface area contributed by atoms with Gasteiger partial charge >= 0.3 is 0 Å². The second-order valence-corrected chi connectivity index (χ2v) is 7.61. The van der Waals surface area contributed by atoms with E-state index in [0.717, 1.165) is 39.8 Å². The first-order valence-corrected chi connectivity index (χ1v) is 9.72. The van der Waals surface area contributed by atoms with Gasteiger partial charge in [-0.2, -0.15) is 0 Å². The SMILES string of the molecule is CC(C)c1c(C=C[N+](=O)[O-])c(-c2ccc(F)cc2)c(-c2ccccc2)n1C(C)C. The van der Waals surface area contributed by atoms with E-state index >= 15 is 0 Å². The number of benzene rings is 2. The lowest BCUT2D eigenvalue weighted by Gasteiger charge is -2.20. The van der Waals surface area contributed by atoms with Gasteiger partial charge in [0.25, 0.3) is 0 Å². The quantitative estimate of drug-likeness (QED) is 0.338. The molecule has 0 aliphatic rings. The van der Waals surface area contributed by atoms with E-state index in [-0.39, 0.29) is 17.8 Å². The first-order valence-electron chi connectivity index (χ1n) is 9.72. The summed E-state index contributed by atoms with van der Waals surface area (Å²) in [6, 6.07) is 16.4. The summed E-state index contributed by atoms with van der Waals surface area (Å²) in [5.74, 6) is -0.176. The van der Waals surface area contributed by atoms with Crippen LogP contribution in [0.2, 0.25) is 0 Å². The fourth-order valence-corrected chi connectivity index (χ4v) is 3.84. The minimum atomic E-state index is -0.451. The number of nitro groups is 1. The zero-order valence-electron chi connectivity index (χ0n) is 17.1. The molecule has 0 fully saturated rings. The average molecular weight is 392 g/mol. The lowest BCUT2D eigenvalue weighted by Crippen LogP contribution is -2.09. The van der Waals surface area contributed by atoms with Crippen LogP contribution in [0.3, 0.4) is 0 Å². The van der Waals surface area contributed by atoms with Crippen LogP contribution in [0.4, 0.5) is 4.39 Å². The van der Waals surface area contributed by atoms with Crippen molar-refractivity contribution in [3.05, 3.63) is 88.0 Å². The third-order valence-electron chi connectivity index (χ3n) is 4.89. The van der Waals surface area contributed by atoms with Crippen LogP contribution in [0.5, 0.6) is 0 Å². The number of hydrogen-bond acceptors (Lipinski definition) is 2. The maximum atomic E-state index is 13.6. The van der Waals surface area contributed by atoms with Crippen LogP contribution >= 0.6 is 0 Å². The van der Waals surface area contributed by atoms with Crippen molar-refractivity contribution < 1.29 is 9.31 Å². The lowest BCUT2D eigenvalue weighted by atomic mass is 9.95. The first kappa shape index (κ1) is 20.5. The van der Waals surface area contributed by atoms with Gasteiger partial charge in [0.05, 0.1) is 10.6 Å². The summed E-state index contributed by atoms with van der Waals surface area (Å²) >= 11 is 0. The van der Waals surface area contributed by atoms with Gasteiger partial charge in [0.1, 0.15) is 5.82 Å². The van der Waals surface area contributed by atoms with Crippen LogP contribution in [-0.4, -0.2) is 9.49 Å². The molecule has 0 saturated carbocycles. The molecule has 29 heavy (non-hydrogen) atoms. The Labute approximate surface area is 170 Å². The van der Waals surface area contributed by atoms with Crippen LogP contribution in [0, 0.1) is 15.9 Å². The van der Waals surface area contributed by atoms with Crippen molar-refractivity contribution in [3.8, 4) is 22.4 Å². The van der Waals surface area contributed by atoms with E-state index in [1.807, 2.05) is 30.3 Å². The lowest BCUT2D eigenvalue weighted by molar-refractivity contribution is -0.400. The molecule has 0 aliphatic carbocycles. The van der Waals surface area contributed by atoms with Crippen LogP contribution in [0.1, 0.15) is 50.9 Å². The molecule has 0 atom stereocenters. The summed E-state index contributed by atoms with van der Waals surface area (Å²) in [7, 11) is 0. The second-order valence-electron chi connectivity index (χ2n) is 7.61. The van der Waals surface area contributed by atoms with E-state index in [2.05, 4.69) is 32.3 Å². The molecule has 3 aromatic rings. The van der Waals surface area contributed by atoms with Gasteiger partial charge in [-0.3, -0.25) is 10.1 Å². The molecule has 0 unspecified atom stereocenters. The van der Waals surface area contributed by atoms with E-state index in [9.17, 15) is 14.5 Å². The van der Waals surface area contributed by atoms with Crippen molar-refractivity contribution in [1.82, 2.24) is 4.57 Å². The van der Waals surface area contributed by atoms with Crippen molar-refractivity contribution >= 4 is 6.08 Å². The Kier molecular flexibility index (Phi) is 5.97. The maximum absolute atomic E-state index is 13.6. The summed E-state index contributed by atoms with van der Waals surface area (Å²) in [6.07, 6.45) is 2.55. The maximum Gasteiger partial charge on any atom is 0.235 e. The van der Waals surface area contributed by atoms with Gasteiger partial charge in [-0.1, -0.05) is 56.3 Å². The third kappa shape index (κ3) is 4.14. The van der Waals surface area contributed by atoms with Crippen molar-refractivity contribution in [2.75, 3.05) is 0 Å². The molecule has 0 aliphatic heterocycles. The Balaban J connectivity index is 2.48. The van der Waals surface area contributed by atoms with Gasteiger partial charge in [0, 0.05) is 28.9 Å². The molecule has 2 aromatic carbocycles. The zero-order chi connectivity index (χ0) is 21.1. The van der Waals surface area contributed by atoms with E-state index in [4.69, 9.17) is 0 Å². The smallest absolute Gasteiger partial charge is 0.235 e. The molecule has 150 valence electrons. The number of rotatable bonds is 6. The molecular weight excluding hydrogens is 367 g/mol. The molecule has 5 heteroatoms. The highest BCUT2D eigenvalue weighted by molar-refractivity contribution is 5.90. The van der Waals surface area contributed by atoms with Gasteiger partial charge in [-0.25, -0.2) is 4.39 Å². The van der Waals surface area contributed by atoms with E-state index in [1.54, 1.807) is 18.2 Å². The van der Waals surface area contributed by atoms with E-state index in [0.29, 0.717) is 0 Å². The predicted molar refractivity (Wildman–Crippen MR) is 116 cm³/mol. The Morgan fingerprint density at radius 3 is 2.10 bits per heavy atom. The van der Waals surface area contributed by atoms with Crippen LogP contribution in [0.25, 0.3) is 28.5 Å². The predicted octanol–water partition coefficient (Wildman–Crippen LogP) is 6.91. The molecule has 0 saturated heterocycles. The average Bonchev–Trinajstić information content (AvgIpc) is 3.03. The molecule has 0 radical (unpaired) electrons. The Morgan fingerprint density at radius 1 is 0.966 bits per heavy atom. The van der Waals surface area contributed by atoms with Gasteiger partial charge in [0.2, 0.25) is 6.20 Å². The summed E-state index contributed by atoms with van der Waals surface area (Å²) in [4.78, 5) is 10.7. The number of aromatic nitrogens is 1. The Morgan fingerprint density at radius 2 is 1.59 bits per heavy atom. The van der Waals surface area contributed by atoms with Crippen molar-refractivity contribution in [3.63, 3.8) is 0 Å². The first-order chi connectivity index (χ1) is 13.8. The normalized spacial score (nSPS) is 11.7. The number of halogens is 1. The molecule has 0 spiro atoms. The highest BCUT2D eigenvalue weighted by Crippen LogP contribution is 2.44. The standard InChI is InChI=1S/C24H25FN2O2/c1-16(2)23-21(14-15-26(28)29)22(18-10-12-20(25)13-11-18)24(27(23)17(3)4)19-8-6-5-7-9-19/h5-17H,1-4H3. The van der Waals surface area contributed by atoms with Crippen LogP contribution in [-0.2, 0) is 0 Å². The summed E-state index contributed by atoms with van der Waals surface area (Å²) in [5.41, 5.74) is 5.54. The highest BCUT2D eigenvalue weighted by atomic mass is 19.1. The molecule has 0 bridgehead atoms. The van der Waals surface area contributed by atoms with Crippen molar-refractivity contribution in [2.45, 2.75) is 39.7 Å². The summed E-state index contributed by atoms with van der Waals surface area (Å²) < 4.78 is 15.9. The zero-order valence-corrected chi connectivity index (χ0v) is 17.1. The third-order valence-corrected chi connectivity index (χ3v) is 4.89. The Bertz CT molecular complexity index is 1030. The van der Waals surface area contributed by atoms with Gasteiger partial charge < -0.3 is 4.57 Å². The van der Waals surface area contributed by atoms with Crippen molar-refractivity contribution in [1.29, 1.82) is 0 Å². The highest BCUT2D eigenvalue weighted by Gasteiger charge is 2.26. The number of nitrogens with zero attached hydrogens (tertiary/aromatic N) is 2. The number of hydrogen-bond donors (Lipinski definition) is 0. The van der Waals surface area contributed by atoms with Crippen LogP contribution in [0.15, 0.2) is 60.8 Å². The van der Waals surface area contributed by atoms with Crippen LogP contribution < -0.4 is 0 Å². The van der Waals surface area contributed by atoms with Gasteiger partial charge in [0.15, 0.2) is 0 Å². The topological polar surface area (TPSA) is 48.1 Å². The fraction of sp³-hybridized carbons (Fsp3) is 0.250. The van der Waals surface area contributed by atoms with Crippen molar-refractivity contribution in [2.24, 2.45) is 0 Å². The minimum Gasteiger partial charge on any atom is -0.341 e.